The SMILES string of the molecule is COC(=O)CCCCCNC(=O)CCc1nc(-c2ccc(C)cc2)no1. The number of unbranched alkanes of at least 4 members (excludes halogenated alkanes) is 2. The van der Waals surface area contributed by atoms with E-state index < -0.39 is 0 Å². The van der Waals surface area contributed by atoms with E-state index in [4.69, 9.17) is 4.52 Å². The van der Waals surface area contributed by atoms with Gasteiger partial charge < -0.3 is 14.6 Å². The Hall–Kier alpha value is -2.70. The first-order chi connectivity index (χ1) is 12.6. The first-order valence-electron chi connectivity index (χ1n) is 8.81. The second-order valence-electron chi connectivity index (χ2n) is 6.11. The number of benzene rings is 1. The summed E-state index contributed by atoms with van der Waals surface area (Å²) in [7, 11) is 1.38. The van der Waals surface area contributed by atoms with Crippen LogP contribution in [0.2, 0.25) is 0 Å². The van der Waals surface area contributed by atoms with Crippen molar-refractivity contribution in [2.24, 2.45) is 0 Å². The summed E-state index contributed by atoms with van der Waals surface area (Å²) >= 11 is 0. The molecule has 0 atom stereocenters. The zero-order valence-corrected chi connectivity index (χ0v) is 15.3. The van der Waals surface area contributed by atoms with E-state index in [1.54, 1.807) is 0 Å². The van der Waals surface area contributed by atoms with E-state index in [-0.39, 0.29) is 11.9 Å². The maximum absolute atomic E-state index is 11.8. The fourth-order valence-electron chi connectivity index (χ4n) is 2.39. The Morgan fingerprint density at radius 3 is 2.62 bits per heavy atom. The van der Waals surface area contributed by atoms with Gasteiger partial charge in [0.05, 0.1) is 7.11 Å². The van der Waals surface area contributed by atoms with Gasteiger partial charge in [0, 0.05) is 31.4 Å². The van der Waals surface area contributed by atoms with Crippen LogP contribution < -0.4 is 5.32 Å². The Balaban J connectivity index is 1.63. The number of amides is 1. The van der Waals surface area contributed by atoms with Crippen molar-refractivity contribution in [1.29, 1.82) is 0 Å². The van der Waals surface area contributed by atoms with Crippen LogP contribution in [0.15, 0.2) is 28.8 Å². The third-order valence-corrected chi connectivity index (χ3v) is 3.95. The minimum absolute atomic E-state index is 0.0481. The molecular weight excluding hydrogens is 334 g/mol. The van der Waals surface area contributed by atoms with Gasteiger partial charge in [-0.15, -0.1) is 0 Å². The van der Waals surface area contributed by atoms with Gasteiger partial charge in [0.2, 0.25) is 17.6 Å². The fourth-order valence-corrected chi connectivity index (χ4v) is 2.39. The minimum Gasteiger partial charge on any atom is -0.469 e. The standard InChI is InChI=1S/C19H25N3O4/c1-14-7-9-15(10-8-14)19-21-17(26-22-19)12-11-16(23)20-13-5-3-4-6-18(24)25-2/h7-10H,3-6,11-13H2,1-2H3,(H,20,23). The van der Waals surface area contributed by atoms with E-state index in [0.29, 0.717) is 37.5 Å². The molecule has 1 aromatic carbocycles. The minimum atomic E-state index is -0.196. The number of methoxy groups -OCH3 is 1. The van der Waals surface area contributed by atoms with Crippen LogP contribution in [-0.2, 0) is 20.7 Å². The second kappa shape index (κ2) is 10.3. The lowest BCUT2D eigenvalue weighted by Crippen LogP contribution is -2.24. The lowest BCUT2D eigenvalue weighted by Gasteiger charge is -2.04. The van der Waals surface area contributed by atoms with Crippen LogP contribution >= 0.6 is 0 Å². The number of aromatic nitrogens is 2. The van der Waals surface area contributed by atoms with Crippen molar-refractivity contribution in [2.45, 2.75) is 45.4 Å². The molecule has 7 nitrogen and oxygen atoms in total. The third-order valence-electron chi connectivity index (χ3n) is 3.95. The molecule has 140 valence electrons. The smallest absolute Gasteiger partial charge is 0.305 e. The highest BCUT2D eigenvalue weighted by molar-refractivity contribution is 5.76. The van der Waals surface area contributed by atoms with Gasteiger partial charge in [-0.05, 0) is 19.8 Å². The van der Waals surface area contributed by atoms with Crippen molar-refractivity contribution in [3.63, 3.8) is 0 Å². The highest BCUT2D eigenvalue weighted by atomic mass is 16.5. The quantitative estimate of drug-likeness (QED) is 0.518. The second-order valence-corrected chi connectivity index (χ2v) is 6.11. The highest BCUT2D eigenvalue weighted by Gasteiger charge is 2.10. The van der Waals surface area contributed by atoms with E-state index in [9.17, 15) is 9.59 Å². The van der Waals surface area contributed by atoms with Crippen molar-refractivity contribution >= 4 is 11.9 Å². The first-order valence-corrected chi connectivity index (χ1v) is 8.81. The molecular formula is C19H25N3O4. The maximum atomic E-state index is 11.8. The number of nitrogens with zero attached hydrogens (tertiary/aromatic N) is 2. The Labute approximate surface area is 153 Å². The van der Waals surface area contributed by atoms with Crippen LogP contribution in [0.25, 0.3) is 11.4 Å². The van der Waals surface area contributed by atoms with Crippen molar-refractivity contribution < 1.29 is 18.8 Å². The first kappa shape index (κ1) is 19.6. The molecule has 0 aliphatic rings. The summed E-state index contributed by atoms with van der Waals surface area (Å²) < 4.78 is 9.78. The lowest BCUT2D eigenvalue weighted by molar-refractivity contribution is -0.140. The van der Waals surface area contributed by atoms with Crippen LogP contribution in [0.1, 0.15) is 43.6 Å². The number of carbonyl (C=O) groups excluding carboxylic acids is 2. The Morgan fingerprint density at radius 1 is 1.12 bits per heavy atom. The molecule has 0 aliphatic heterocycles. The van der Waals surface area contributed by atoms with Gasteiger partial charge in [-0.3, -0.25) is 9.59 Å². The van der Waals surface area contributed by atoms with Gasteiger partial charge in [0.25, 0.3) is 0 Å². The zero-order valence-electron chi connectivity index (χ0n) is 15.3. The predicted octanol–water partition coefficient (Wildman–Crippen LogP) is 2.83. The third kappa shape index (κ3) is 6.66. The number of ether oxygens (including phenoxy) is 1. The molecule has 0 saturated heterocycles. The topological polar surface area (TPSA) is 94.3 Å². The fraction of sp³-hybridized carbons (Fsp3) is 0.474. The molecule has 0 radical (unpaired) electrons. The van der Waals surface area contributed by atoms with Crippen LogP contribution in [0.4, 0.5) is 0 Å². The van der Waals surface area contributed by atoms with Crippen molar-refractivity contribution in [2.75, 3.05) is 13.7 Å². The Bertz CT molecular complexity index is 710. The van der Waals surface area contributed by atoms with Gasteiger partial charge in [0.1, 0.15) is 0 Å². The van der Waals surface area contributed by atoms with Crippen LogP contribution in [0.3, 0.4) is 0 Å². The number of nitrogens with one attached hydrogen (secondary N) is 1. The summed E-state index contributed by atoms with van der Waals surface area (Å²) in [6.07, 6.45) is 3.61. The number of rotatable bonds is 10. The molecule has 0 aliphatic carbocycles. The largest absolute Gasteiger partial charge is 0.469 e. The molecule has 1 amide bonds. The highest BCUT2D eigenvalue weighted by Crippen LogP contribution is 2.16. The van der Waals surface area contributed by atoms with Crippen LogP contribution in [0.5, 0.6) is 0 Å². The Morgan fingerprint density at radius 2 is 1.88 bits per heavy atom. The van der Waals surface area contributed by atoms with E-state index in [1.165, 1.54) is 12.7 Å². The summed E-state index contributed by atoms with van der Waals surface area (Å²) in [6.45, 7) is 2.61. The van der Waals surface area contributed by atoms with Gasteiger partial charge in [-0.1, -0.05) is 41.4 Å². The van der Waals surface area contributed by atoms with Crippen LogP contribution in [0, 0.1) is 6.92 Å². The molecule has 2 aromatic rings. The monoisotopic (exact) mass is 359 g/mol. The number of hydrogen-bond donors (Lipinski definition) is 1. The molecule has 26 heavy (non-hydrogen) atoms. The molecule has 2 rings (SSSR count). The van der Waals surface area contributed by atoms with Gasteiger partial charge in [-0.25, -0.2) is 0 Å². The van der Waals surface area contributed by atoms with E-state index in [2.05, 4.69) is 20.2 Å². The molecule has 1 N–H and O–H groups in total. The van der Waals surface area contributed by atoms with E-state index in [1.807, 2.05) is 31.2 Å². The molecule has 0 unspecified atom stereocenters. The van der Waals surface area contributed by atoms with Crippen molar-refractivity contribution in [3.8, 4) is 11.4 Å². The lowest BCUT2D eigenvalue weighted by atomic mass is 10.1. The average Bonchev–Trinajstić information content (AvgIpc) is 3.12. The summed E-state index contributed by atoms with van der Waals surface area (Å²) in [6, 6.07) is 7.86. The molecule has 0 bridgehead atoms. The molecule has 7 heteroatoms. The van der Waals surface area contributed by atoms with Gasteiger partial charge in [0.15, 0.2) is 0 Å². The predicted molar refractivity (Wildman–Crippen MR) is 96.3 cm³/mol. The van der Waals surface area contributed by atoms with E-state index >= 15 is 0 Å². The molecule has 0 fully saturated rings. The maximum Gasteiger partial charge on any atom is 0.305 e. The summed E-state index contributed by atoms with van der Waals surface area (Å²) in [5, 5.41) is 6.81. The number of hydrogen-bond acceptors (Lipinski definition) is 6. The van der Waals surface area contributed by atoms with Gasteiger partial charge >= 0.3 is 5.97 Å². The van der Waals surface area contributed by atoms with Gasteiger partial charge in [-0.2, -0.15) is 4.98 Å². The molecule has 0 spiro atoms. The summed E-state index contributed by atoms with van der Waals surface area (Å²) in [5.74, 6) is 0.742. The van der Waals surface area contributed by atoms with Crippen LogP contribution in [-0.4, -0.2) is 35.7 Å². The number of aryl methyl sites for hydroxylation is 2. The molecule has 0 saturated carbocycles. The number of carbonyl (C=O) groups is 2. The molecule has 1 aromatic heterocycles. The summed E-state index contributed by atoms with van der Waals surface area (Å²) in [5.41, 5.74) is 2.06. The Kier molecular flexibility index (Phi) is 7.79. The van der Waals surface area contributed by atoms with Crippen molar-refractivity contribution in [3.05, 3.63) is 35.7 Å². The molecule has 1 heterocycles. The number of esters is 1. The normalized spacial score (nSPS) is 10.5. The average molecular weight is 359 g/mol. The van der Waals surface area contributed by atoms with Crippen molar-refractivity contribution in [1.82, 2.24) is 15.5 Å². The zero-order chi connectivity index (χ0) is 18.8. The summed E-state index contributed by atoms with van der Waals surface area (Å²) in [4.78, 5) is 27.1. The van der Waals surface area contributed by atoms with E-state index in [0.717, 1.165) is 24.8 Å².